The van der Waals surface area contributed by atoms with Crippen molar-refractivity contribution in [1.29, 1.82) is 0 Å². The average Bonchev–Trinajstić information content (AvgIpc) is 2.38. The first-order chi connectivity index (χ1) is 9.01. The van der Waals surface area contributed by atoms with Crippen molar-refractivity contribution in [2.24, 2.45) is 5.92 Å². The van der Waals surface area contributed by atoms with Gasteiger partial charge in [-0.3, -0.25) is 0 Å². The predicted molar refractivity (Wildman–Crippen MR) is 82.3 cm³/mol. The van der Waals surface area contributed by atoms with Crippen molar-refractivity contribution in [2.45, 2.75) is 36.8 Å². The first kappa shape index (κ1) is 14.6. The van der Waals surface area contributed by atoms with Crippen molar-refractivity contribution in [1.82, 2.24) is 4.90 Å². The van der Waals surface area contributed by atoms with Gasteiger partial charge in [0.2, 0.25) is 0 Å². The summed E-state index contributed by atoms with van der Waals surface area (Å²) in [5.74, 6) is 0.265. The number of thioether (sulfide) groups is 1. The van der Waals surface area contributed by atoms with Crippen LogP contribution in [0.1, 0.15) is 20.3 Å². The molecule has 0 aromatic heterocycles. The number of benzene rings is 1. The molecule has 0 saturated carbocycles. The van der Waals surface area contributed by atoms with Crippen LogP contribution in [-0.2, 0) is 0 Å². The van der Waals surface area contributed by atoms with Crippen molar-refractivity contribution < 1.29 is 5.11 Å². The van der Waals surface area contributed by atoms with Gasteiger partial charge in [-0.2, -0.15) is 0 Å². The maximum absolute atomic E-state index is 10.8. The summed E-state index contributed by atoms with van der Waals surface area (Å²) in [5.41, 5.74) is -0.673. The summed E-state index contributed by atoms with van der Waals surface area (Å²) in [4.78, 5) is 3.52. The third-order valence-corrected chi connectivity index (χ3v) is 4.91. The van der Waals surface area contributed by atoms with Gasteiger partial charge in [0.05, 0.1) is 5.60 Å². The zero-order valence-corrected chi connectivity index (χ0v) is 12.7. The molecule has 3 atom stereocenters. The minimum atomic E-state index is -0.673. The molecule has 3 unspecified atom stereocenters. The predicted octanol–water partition coefficient (Wildman–Crippen LogP) is 3.38. The van der Waals surface area contributed by atoms with Crippen LogP contribution >= 0.6 is 11.8 Å². The average molecular weight is 277 g/mol. The Kier molecular flexibility index (Phi) is 4.71. The Bertz CT molecular complexity index is 434. The standard InChI is InChI=1S/C16H23NOS/c1-13-12-17(3)14(2)11-16(13,18)9-10-19-15-7-5-4-6-8-15/h4-10,13-14,18H,11-12H2,1-3H3. The number of rotatable bonds is 3. The first-order valence-electron chi connectivity index (χ1n) is 6.83. The molecule has 0 bridgehead atoms. The minimum absolute atomic E-state index is 0.265. The summed E-state index contributed by atoms with van der Waals surface area (Å²) < 4.78 is 0. The third-order valence-electron chi connectivity index (χ3n) is 4.09. The van der Waals surface area contributed by atoms with E-state index < -0.39 is 5.60 Å². The summed E-state index contributed by atoms with van der Waals surface area (Å²) in [6.07, 6.45) is 2.79. The van der Waals surface area contributed by atoms with Gasteiger partial charge in [-0.1, -0.05) is 36.9 Å². The SMILES string of the molecule is CC1CC(O)(C=CSc2ccccc2)C(C)CN1C. The number of piperidine rings is 1. The highest BCUT2D eigenvalue weighted by Gasteiger charge is 2.38. The lowest BCUT2D eigenvalue weighted by Crippen LogP contribution is -2.52. The summed E-state index contributed by atoms with van der Waals surface area (Å²) in [5, 5.41) is 12.8. The fraction of sp³-hybridized carbons (Fsp3) is 0.500. The Balaban J connectivity index is 2.00. The quantitative estimate of drug-likeness (QED) is 0.857. The molecule has 1 aliphatic heterocycles. The molecule has 1 aromatic carbocycles. The second-order valence-electron chi connectivity index (χ2n) is 5.62. The molecular weight excluding hydrogens is 254 g/mol. The lowest BCUT2D eigenvalue weighted by atomic mass is 9.79. The molecule has 1 heterocycles. The molecule has 104 valence electrons. The molecule has 1 saturated heterocycles. The van der Waals surface area contributed by atoms with E-state index in [0.29, 0.717) is 6.04 Å². The molecule has 3 heteroatoms. The van der Waals surface area contributed by atoms with Gasteiger partial charge in [-0.15, -0.1) is 0 Å². The van der Waals surface area contributed by atoms with Crippen LogP contribution in [0.4, 0.5) is 0 Å². The van der Waals surface area contributed by atoms with E-state index in [9.17, 15) is 5.11 Å². The molecule has 0 aliphatic carbocycles. The van der Waals surface area contributed by atoms with E-state index in [4.69, 9.17) is 0 Å². The Morgan fingerprint density at radius 1 is 1.32 bits per heavy atom. The monoisotopic (exact) mass is 277 g/mol. The van der Waals surface area contributed by atoms with Gasteiger partial charge in [0.15, 0.2) is 0 Å². The number of hydrogen-bond acceptors (Lipinski definition) is 3. The highest BCUT2D eigenvalue weighted by atomic mass is 32.2. The van der Waals surface area contributed by atoms with E-state index in [1.807, 2.05) is 29.7 Å². The summed E-state index contributed by atoms with van der Waals surface area (Å²) >= 11 is 1.66. The first-order valence-corrected chi connectivity index (χ1v) is 7.71. The lowest BCUT2D eigenvalue weighted by molar-refractivity contribution is -0.0418. The highest BCUT2D eigenvalue weighted by Crippen LogP contribution is 2.33. The van der Waals surface area contributed by atoms with E-state index in [-0.39, 0.29) is 5.92 Å². The van der Waals surface area contributed by atoms with Crippen LogP contribution in [0.5, 0.6) is 0 Å². The third kappa shape index (κ3) is 3.62. The van der Waals surface area contributed by atoms with Crippen LogP contribution in [0.25, 0.3) is 0 Å². The van der Waals surface area contributed by atoms with Gasteiger partial charge in [0, 0.05) is 23.4 Å². The molecule has 1 aromatic rings. The molecule has 2 rings (SSSR count). The van der Waals surface area contributed by atoms with Gasteiger partial charge in [-0.25, -0.2) is 0 Å². The van der Waals surface area contributed by atoms with Crippen LogP contribution in [0, 0.1) is 5.92 Å². The normalized spacial score (nSPS) is 32.8. The molecule has 0 radical (unpaired) electrons. The molecular formula is C16H23NOS. The van der Waals surface area contributed by atoms with Crippen LogP contribution in [0.3, 0.4) is 0 Å². The van der Waals surface area contributed by atoms with E-state index in [2.05, 4.69) is 37.9 Å². The van der Waals surface area contributed by atoms with Crippen molar-refractivity contribution in [3.63, 3.8) is 0 Å². The Hall–Kier alpha value is -0.770. The van der Waals surface area contributed by atoms with E-state index in [1.165, 1.54) is 4.90 Å². The van der Waals surface area contributed by atoms with Crippen molar-refractivity contribution >= 4 is 11.8 Å². The van der Waals surface area contributed by atoms with Gasteiger partial charge in [-0.05, 0) is 44.0 Å². The van der Waals surface area contributed by atoms with E-state index in [1.54, 1.807) is 11.8 Å². The summed E-state index contributed by atoms with van der Waals surface area (Å²) in [6.45, 7) is 5.24. The molecule has 0 spiro atoms. The second kappa shape index (κ2) is 6.12. The zero-order valence-electron chi connectivity index (χ0n) is 11.9. The fourth-order valence-electron chi connectivity index (χ4n) is 2.56. The summed E-state index contributed by atoms with van der Waals surface area (Å²) in [6, 6.07) is 10.7. The number of hydrogen-bond donors (Lipinski definition) is 1. The molecule has 19 heavy (non-hydrogen) atoms. The van der Waals surface area contributed by atoms with Crippen LogP contribution in [-0.4, -0.2) is 35.2 Å². The van der Waals surface area contributed by atoms with E-state index >= 15 is 0 Å². The van der Waals surface area contributed by atoms with Crippen molar-refractivity contribution in [2.75, 3.05) is 13.6 Å². The Morgan fingerprint density at radius 2 is 2.00 bits per heavy atom. The highest BCUT2D eigenvalue weighted by molar-refractivity contribution is 8.02. The largest absolute Gasteiger partial charge is 0.385 e. The van der Waals surface area contributed by atoms with Gasteiger partial charge in [0.1, 0.15) is 0 Å². The molecule has 1 aliphatic rings. The second-order valence-corrected chi connectivity index (χ2v) is 6.60. The minimum Gasteiger partial charge on any atom is -0.385 e. The van der Waals surface area contributed by atoms with Gasteiger partial charge < -0.3 is 10.0 Å². The van der Waals surface area contributed by atoms with Gasteiger partial charge >= 0.3 is 0 Å². The fourth-order valence-corrected chi connectivity index (χ4v) is 3.34. The Labute approximate surface area is 120 Å². The smallest absolute Gasteiger partial charge is 0.0888 e. The number of nitrogens with zero attached hydrogens (tertiary/aromatic N) is 1. The van der Waals surface area contributed by atoms with E-state index in [0.717, 1.165) is 13.0 Å². The molecule has 1 N–H and O–H groups in total. The molecule has 1 fully saturated rings. The van der Waals surface area contributed by atoms with Crippen LogP contribution in [0.15, 0.2) is 46.7 Å². The van der Waals surface area contributed by atoms with Gasteiger partial charge in [0.25, 0.3) is 0 Å². The Morgan fingerprint density at radius 3 is 2.68 bits per heavy atom. The molecule has 2 nitrogen and oxygen atoms in total. The summed E-state index contributed by atoms with van der Waals surface area (Å²) in [7, 11) is 2.13. The van der Waals surface area contributed by atoms with Crippen LogP contribution in [0.2, 0.25) is 0 Å². The number of aliphatic hydroxyl groups is 1. The van der Waals surface area contributed by atoms with Crippen molar-refractivity contribution in [3.8, 4) is 0 Å². The number of likely N-dealkylation sites (tertiary alicyclic amines) is 1. The maximum Gasteiger partial charge on any atom is 0.0888 e. The lowest BCUT2D eigenvalue weighted by Gasteiger charge is -2.44. The van der Waals surface area contributed by atoms with Crippen molar-refractivity contribution in [3.05, 3.63) is 41.8 Å². The zero-order chi connectivity index (χ0) is 13.9. The van der Waals surface area contributed by atoms with Crippen LogP contribution < -0.4 is 0 Å². The maximum atomic E-state index is 10.8. The topological polar surface area (TPSA) is 23.5 Å². The molecule has 0 amide bonds.